The van der Waals surface area contributed by atoms with Gasteiger partial charge in [0.05, 0.1) is 18.4 Å². The minimum Gasteiger partial charge on any atom is -0.492 e. The number of aromatic carboxylic acids is 1. The van der Waals surface area contributed by atoms with E-state index in [1.54, 1.807) is 0 Å². The molecule has 82 valence electrons. The van der Waals surface area contributed by atoms with Crippen molar-refractivity contribution in [2.45, 2.75) is 26.2 Å². The van der Waals surface area contributed by atoms with Crippen molar-refractivity contribution in [1.82, 2.24) is 4.98 Å². The number of carbonyl (C=O) groups is 1. The lowest BCUT2D eigenvalue weighted by Gasteiger charge is -2.05. The molecule has 0 aromatic carbocycles. The van der Waals surface area contributed by atoms with Crippen LogP contribution in [0.2, 0.25) is 0 Å². The van der Waals surface area contributed by atoms with Crippen LogP contribution in [-0.4, -0.2) is 22.7 Å². The van der Waals surface area contributed by atoms with E-state index in [9.17, 15) is 4.79 Å². The lowest BCUT2D eigenvalue weighted by molar-refractivity contribution is 0.0696. The van der Waals surface area contributed by atoms with E-state index in [2.05, 4.69) is 11.9 Å². The smallest absolute Gasteiger partial charge is 0.337 e. The maximum Gasteiger partial charge on any atom is 0.337 e. The van der Waals surface area contributed by atoms with Gasteiger partial charge in [-0.15, -0.1) is 0 Å². The fourth-order valence-electron chi connectivity index (χ4n) is 1.16. The fraction of sp³-hybridized carbons (Fsp3) is 0.455. The maximum absolute atomic E-state index is 10.6. The molecule has 0 saturated carbocycles. The van der Waals surface area contributed by atoms with E-state index in [0.717, 1.165) is 19.3 Å². The van der Waals surface area contributed by atoms with Gasteiger partial charge in [-0.2, -0.15) is 0 Å². The third-order valence-corrected chi connectivity index (χ3v) is 1.98. The minimum atomic E-state index is -0.985. The molecule has 0 bridgehead atoms. The lowest BCUT2D eigenvalue weighted by atomic mass is 10.2. The number of unbranched alkanes of at least 4 members (excludes halogenated alkanes) is 2. The Balaban J connectivity index is 2.47. The van der Waals surface area contributed by atoms with Gasteiger partial charge in [0.1, 0.15) is 5.75 Å². The number of aromatic nitrogens is 1. The van der Waals surface area contributed by atoms with Crippen molar-refractivity contribution in [3.05, 3.63) is 24.0 Å². The summed E-state index contributed by atoms with van der Waals surface area (Å²) in [7, 11) is 0. The molecule has 0 saturated heterocycles. The Morgan fingerprint density at radius 1 is 1.47 bits per heavy atom. The van der Waals surface area contributed by atoms with Crippen LogP contribution >= 0.6 is 0 Å². The van der Waals surface area contributed by atoms with E-state index in [0.29, 0.717) is 12.4 Å². The Hall–Kier alpha value is -1.58. The van der Waals surface area contributed by atoms with Gasteiger partial charge in [-0.05, 0) is 12.5 Å². The zero-order valence-corrected chi connectivity index (χ0v) is 8.77. The molecule has 15 heavy (non-hydrogen) atoms. The van der Waals surface area contributed by atoms with Crippen LogP contribution in [0.4, 0.5) is 0 Å². The molecule has 0 spiro atoms. The molecule has 1 rings (SSSR count). The highest BCUT2D eigenvalue weighted by molar-refractivity contribution is 5.87. The molecule has 0 amide bonds. The highest BCUT2D eigenvalue weighted by Crippen LogP contribution is 2.11. The van der Waals surface area contributed by atoms with Crippen LogP contribution < -0.4 is 4.74 Å². The second-order valence-electron chi connectivity index (χ2n) is 3.27. The highest BCUT2D eigenvalue weighted by atomic mass is 16.5. The van der Waals surface area contributed by atoms with Crippen molar-refractivity contribution < 1.29 is 14.6 Å². The lowest BCUT2D eigenvalue weighted by Crippen LogP contribution is -2.01. The molecule has 0 aliphatic carbocycles. The van der Waals surface area contributed by atoms with Gasteiger partial charge in [0.25, 0.3) is 0 Å². The molecule has 0 aliphatic rings. The quantitative estimate of drug-likeness (QED) is 0.730. The van der Waals surface area contributed by atoms with Crippen molar-refractivity contribution in [2.75, 3.05) is 6.61 Å². The zero-order valence-electron chi connectivity index (χ0n) is 8.77. The second kappa shape index (κ2) is 6.01. The monoisotopic (exact) mass is 209 g/mol. The van der Waals surface area contributed by atoms with Gasteiger partial charge in [-0.1, -0.05) is 19.8 Å². The van der Waals surface area contributed by atoms with Crippen LogP contribution in [0, 0.1) is 0 Å². The maximum atomic E-state index is 10.6. The molecular weight excluding hydrogens is 194 g/mol. The van der Waals surface area contributed by atoms with Crippen LogP contribution in [-0.2, 0) is 0 Å². The second-order valence-corrected chi connectivity index (χ2v) is 3.27. The topological polar surface area (TPSA) is 59.4 Å². The predicted octanol–water partition coefficient (Wildman–Crippen LogP) is 2.35. The van der Waals surface area contributed by atoms with Gasteiger partial charge >= 0.3 is 5.97 Å². The highest BCUT2D eigenvalue weighted by Gasteiger charge is 2.04. The molecule has 1 aromatic heterocycles. The van der Waals surface area contributed by atoms with Crippen LogP contribution in [0.3, 0.4) is 0 Å². The zero-order chi connectivity index (χ0) is 11.1. The number of ether oxygens (including phenoxy) is 1. The summed E-state index contributed by atoms with van der Waals surface area (Å²) in [6, 6.07) is 1.49. The summed E-state index contributed by atoms with van der Waals surface area (Å²) in [5.41, 5.74) is 0.156. The average Bonchev–Trinajstić information content (AvgIpc) is 2.25. The number of hydrogen-bond acceptors (Lipinski definition) is 3. The van der Waals surface area contributed by atoms with Gasteiger partial charge in [0.15, 0.2) is 0 Å². The number of nitrogens with zero attached hydrogens (tertiary/aromatic N) is 1. The normalized spacial score (nSPS) is 9.93. The fourth-order valence-corrected chi connectivity index (χ4v) is 1.16. The van der Waals surface area contributed by atoms with Crippen LogP contribution in [0.25, 0.3) is 0 Å². The third-order valence-electron chi connectivity index (χ3n) is 1.98. The third kappa shape index (κ3) is 3.97. The molecule has 1 aromatic rings. The minimum absolute atomic E-state index is 0.156. The number of carboxylic acid groups (broad SMARTS) is 1. The van der Waals surface area contributed by atoms with Crippen molar-refractivity contribution in [3.8, 4) is 5.75 Å². The molecule has 1 N–H and O–H groups in total. The van der Waals surface area contributed by atoms with E-state index in [1.165, 1.54) is 18.5 Å². The molecule has 0 aliphatic heterocycles. The van der Waals surface area contributed by atoms with Crippen molar-refractivity contribution in [1.29, 1.82) is 0 Å². The molecule has 4 nitrogen and oxygen atoms in total. The van der Waals surface area contributed by atoms with Gasteiger partial charge < -0.3 is 9.84 Å². The number of rotatable bonds is 6. The number of pyridine rings is 1. The Labute approximate surface area is 88.9 Å². The van der Waals surface area contributed by atoms with Gasteiger partial charge in [-0.25, -0.2) is 4.79 Å². The summed E-state index contributed by atoms with van der Waals surface area (Å²) >= 11 is 0. The molecule has 4 heteroatoms. The van der Waals surface area contributed by atoms with Crippen LogP contribution in [0.1, 0.15) is 36.5 Å². The van der Waals surface area contributed by atoms with Crippen molar-refractivity contribution in [2.24, 2.45) is 0 Å². The number of carboxylic acids is 1. The number of hydrogen-bond donors (Lipinski definition) is 1. The van der Waals surface area contributed by atoms with Crippen molar-refractivity contribution in [3.63, 3.8) is 0 Å². The molecule has 0 fully saturated rings. The summed E-state index contributed by atoms with van der Waals surface area (Å²) in [5, 5.41) is 8.72. The summed E-state index contributed by atoms with van der Waals surface area (Å²) in [5.74, 6) is -0.465. The van der Waals surface area contributed by atoms with E-state index in [4.69, 9.17) is 9.84 Å². The van der Waals surface area contributed by atoms with Crippen LogP contribution in [0.5, 0.6) is 5.75 Å². The SMILES string of the molecule is CCCCCOc1cncc(C(=O)O)c1. The molecule has 1 heterocycles. The van der Waals surface area contributed by atoms with E-state index in [-0.39, 0.29) is 5.56 Å². The Morgan fingerprint density at radius 3 is 2.93 bits per heavy atom. The van der Waals surface area contributed by atoms with Gasteiger partial charge in [0, 0.05) is 6.20 Å². The summed E-state index contributed by atoms with van der Waals surface area (Å²) in [4.78, 5) is 14.4. The molecule has 0 atom stereocenters. The standard InChI is InChI=1S/C11H15NO3/c1-2-3-4-5-15-10-6-9(11(13)14)7-12-8-10/h6-8H,2-5H2,1H3,(H,13,14). The van der Waals surface area contributed by atoms with Gasteiger partial charge in [0.2, 0.25) is 0 Å². The Morgan fingerprint density at radius 2 is 2.27 bits per heavy atom. The first-order chi connectivity index (χ1) is 7.24. The Bertz CT molecular complexity index is 325. The first kappa shape index (κ1) is 11.5. The average molecular weight is 209 g/mol. The predicted molar refractivity (Wildman–Crippen MR) is 56.2 cm³/mol. The first-order valence-electron chi connectivity index (χ1n) is 5.05. The van der Waals surface area contributed by atoms with Crippen molar-refractivity contribution >= 4 is 5.97 Å². The van der Waals surface area contributed by atoms with E-state index < -0.39 is 5.97 Å². The largest absolute Gasteiger partial charge is 0.492 e. The Kier molecular flexibility index (Phi) is 4.60. The van der Waals surface area contributed by atoms with Gasteiger partial charge in [-0.3, -0.25) is 4.98 Å². The van der Waals surface area contributed by atoms with E-state index >= 15 is 0 Å². The van der Waals surface area contributed by atoms with Crippen LogP contribution in [0.15, 0.2) is 18.5 Å². The summed E-state index contributed by atoms with van der Waals surface area (Å²) in [6.45, 7) is 2.73. The molecule has 0 radical (unpaired) electrons. The molecule has 0 unspecified atom stereocenters. The summed E-state index contributed by atoms with van der Waals surface area (Å²) < 4.78 is 5.37. The first-order valence-corrected chi connectivity index (χ1v) is 5.05. The summed E-state index contributed by atoms with van der Waals surface area (Å²) in [6.07, 6.45) is 6.07. The molecular formula is C11H15NO3. The van der Waals surface area contributed by atoms with E-state index in [1.807, 2.05) is 0 Å².